The summed E-state index contributed by atoms with van der Waals surface area (Å²) in [6.45, 7) is 3.37. The first kappa shape index (κ1) is 31.2. The van der Waals surface area contributed by atoms with E-state index in [9.17, 15) is 22.8 Å². The monoisotopic (exact) mass is 615 g/mol. The maximum absolute atomic E-state index is 13.7. The molecule has 1 aliphatic heterocycles. The first-order valence-electron chi connectivity index (χ1n) is 16.1. The van der Waals surface area contributed by atoms with E-state index in [4.69, 9.17) is 0 Å². The summed E-state index contributed by atoms with van der Waals surface area (Å²) in [4.78, 5) is 29.2. The van der Waals surface area contributed by atoms with Crippen molar-refractivity contribution in [3.8, 4) is 11.1 Å². The Labute approximate surface area is 263 Å². The van der Waals surface area contributed by atoms with Crippen LogP contribution in [0.2, 0.25) is 0 Å². The molecule has 4 aliphatic rings. The molecule has 2 aromatic carbocycles. The molecular formula is C37H40F3N3O2. The second kappa shape index (κ2) is 12.5. The summed E-state index contributed by atoms with van der Waals surface area (Å²) in [5.41, 5.74) is 9.38. The number of allylic oxidation sites excluding steroid dienone is 4. The first-order chi connectivity index (χ1) is 21.7. The Morgan fingerprint density at radius 3 is 2.27 bits per heavy atom. The van der Waals surface area contributed by atoms with E-state index in [0.717, 1.165) is 79.6 Å². The van der Waals surface area contributed by atoms with Crippen LogP contribution in [0.25, 0.3) is 11.1 Å². The highest BCUT2D eigenvalue weighted by molar-refractivity contribution is 6.00. The SMILES string of the molecule is CC[C@@]1(C2=C=C=CC=C2)CC1C(=O)NC1CCN(CCCCC2(C(=O)NCC(F)(F)F)c3ccccc3-c3ccccc32)CC1. The number of alkyl halides is 3. The van der Waals surface area contributed by atoms with Crippen LogP contribution in [-0.4, -0.2) is 55.1 Å². The van der Waals surface area contributed by atoms with Gasteiger partial charge in [-0.05, 0) is 79.5 Å². The van der Waals surface area contributed by atoms with Crippen LogP contribution in [0.5, 0.6) is 0 Å². The lowest BCUT2D eigenvalue weighted by Gasteiger charge is -2.33. The first-order valence-corrected chi connectivity index (χ1v) is 16.1. The standard InChI is InChI=1S/C37H40F3N3O2/c1-2-35(26-12-4-3-5-13-26)24-32(35)33(44)42-27-18-22-43(23-19-27)21-11-10-20-36(34(45)41-25-37(38,39)40)30-16-8-6-14-28(30)29-15-7-9-17-31(29)36/h3-4,6-9,12,14-17,27,32H,2,10-11,18-25H2,1H3,(H,41,45)(H,42,44)/t32?,35-/m0/s1. The van der Waals surface area contributed by atoms with Gasteiger partial charge in [-0.15, -0.1) is 0 Å². The van der Waals surface area contributed by atoms with Crippen LogP contribution in [0, 0.1) is 11.3 Å². The van der Waals surface area contributed by atoms with Gasteiger partial charge in [0.25, 0.3) is 0 Å². The van der Waals surface area contributed by atoms with E-state index >= 15 is 0 Å². The molecule has 3 aliphatic carbocycles. The third kappa shape index (κ3) is 6.07. The molecule has 236 valence electrons. The topological polar surface area (TPSA) is 61.4 Å². The number of rotatable bonds is 11. The van der Waals surface area contributed by atoms with E-state index in [0.29, 0.717) is 12.8 Å². The van der Waals surface area contributed by atoms with E-state index < -0.39 is 24.0 Å². The van der Waals surface area contributed by atoms with Gasteiger partial charge in [0.15, 0.2) is 0 Å². The highest BCUT2D eigenvalue weighted by Crippen LogP contribution is 2.60. The molecule has 2 fully saturated rings. The number of carbonyl (C=O) groups is 2. The third-order valence-corrected chi connectivity index (χ3v) is 10.3. The summed E-state index contributed by atoms with van der Waals surface area (Å²) in [7, 11) is 0. The van der Waals surface area contributed by atoms with E-state index in [-0.39, 0.29) is 23.3 Å². The quantitative estimate of drug-likeness (QED) is 0.221. The molecule has 0 radical (unpaired) electrons. The van der Waals surface area contributed by atoms with Crippen molar-refractivity contribution in [2.75, 3.05) is 26.2 Å². The van der Waals surface area contributed by atoms with Crippen molar-refractivity contribution in [3.05, 3.63) is 94.9 Å². The molecule has 2 aromatic rings. The highest BCUT2D eigenvalue weighted by atomic mass is 19.4. The summed E-state index contributed by atoms with van der Waals surface area (Å²) in [6, 6.07) is 15.3. The van der Waals surface area contributed by atoms with E-state index in [2.05, 4.69) is 33.9 Å². The Hall–Kier alpha value is -3.83. The van der Waals surface area contributed by atoms with Crippen molar-refractivity contribution in [2.24, 2.45) is 11.3 Å². The number of halogens is 3. The molecule has 8 heteroatoms. The van der Waals surface area contributed by atoms with Crippen molar-refractivity contribution in [2.45, 2.75) is 69.5 Å². The zero-order chi connectivity index (χ0) is 31.7. The lowest BCUT2D eigenvalue weighted by atomic mass is 9.73. The number of piperidine rings is 1. The maximum Gasteiger partial charge on any atom is 0.405 e. The van der Waals surface area contributed by atoms with Gasteiger partial charge in [-0.25, -0.2) is 0 Å². The predicted molar refractivity (Wildman–Crippen MR) is 168 cm³/mol. The molecule has 0 spiro atoms. The minimum atomic E-state index is -4.49. The lowest BCUT2D eigenvalue weighted by Crippen LogP contribution is -2.47. The number of hydrogen-bond donors (Lipinski definition) is 2. The Kier molecular flexibility index (Phi) is 8.67. The molecule has 0 aromatic heterocycles. The number of benzene rings is 2. The van der Waals surface area contributed by atoms with Crippen molar-refractivity contribution in [3.63, 3.8) is 0 Å². The van der Waals surface area contributed by atoms with Crippen LogP contribution >= 0.6 is 0 Å². The lowest BCUT2D eigenvalue weighted by molar-refractivity contribution is -0.141. The third-order valence-electron chi connectivity index (χ3n) is 10.3. The van der Waals surface area contributed by atoms with Gasteiger partial charge >= 0.3 is 6.18 Å². The largest absolute Gasteiger partial charge is 0.405 e. The van der Waals surface area contributed by atoms with Gasteiger partial charge in [0.05, 0.1) is 0 Å². The molecule has 45 heavy (non-hydrogen) atoms. The van der Waals surface area contributed by atoms with E-state index in [1.54, 1.807) is 0 Å². The van der Waals surface area contributed by atoms with Crippen LogP contribution in [0.15, 0.2) is 83.8 Å². The number of hydrogen-bond acceptors (Lipinski definition) is 3. The summed E-state index contributed by atoms with van der Waals surface area (Å²) in [5, 5.41) is 5.53. The summed E-state index contributed by atoms with van der Waals surface area (Å²) >= 11 is 0. The summed E-state index contributed by atoms with van der Waals surface area (Å²) < 4.78 is 39.4. The summed E-state index contributed by atoms with van der Waals surface area (Å²) in [5.74, 6) is -0.474. The van der Waals surface area contributed by atoms with Gasteiger partial charge in [0.2, 0.25) is 11.8 Å². The van der Waals surface area contributed by atoms with Crippen LogP contribution in [-0.2, 0) is 15.0 Å². The number of carbonyl (C=O) groups excluding carboxylic acids is 2. The second-order valence-corrected chi connectivity index (χ2v) is 12.9. The van der Waals surface area contributed by atoms with Crippen molar-refractivity contribution in [1.29, 1.82) is 0 Å². The normalized spacial score (nSPS) is 23.3. The number of unbranched alkanes of at least 4 members (excludes halogenated alkanes) is 1. The molecule has 2 atom stereocenters. The van der Waals surface area contributed by atoms with Gasteiger partial charge in [-0.2, -0.15) is 13.2 Å². The molecule has 5 nitrogen and oxygen atoms in total. The van der Waals surface area contributed by atoms with Crippen LogP contribution in [0.3, 0.4) is 0 Å². The van der Waals surface area contributed by atoms with Gasteiger partial charge in [-0.3, -0.25) is 9.59 Å². The van der Waals surface area contributed by atoms with Gasteiger partial charge in [-0.1, -0.05) is 79.4 Å². The molecule has 6 rings (SSSR count). The molecule has 1 heterocycles. The Bertz CT molecular complexity index is 1540. The van der Waals surface area contributed by atoms with Gasteiger partial charge in [0.1, 0.15) is 12.0 Å². The second-order valence-electron chi connectivity index (χ2n) is 12.9. The fraction of sp³-hybridized carbons (Fsp3) is 0.459. The molecular weight excluding hydrogens is 575 g/mol. The fourth-order valence-corrected chi connectivity index (χ4v) is 7.78. The van der Waals surface area contributed by atoms with Crippen molar-refractivity contribution >= 4 is 11.8 Å². The number of nitrogens with zero attached hydrogens (tertiary/aromatic N) is 1. The van der Waals surface area contributed by atoms with Crippen LogP contribution < -0.4 is 10.6 Å². The Balaban J connectivity index is 1.04. The fourth-order valence-electron chi connectivity index (χ4n) is 7.78. The molecule has 1 saturated heterocycles. The average Bonchev–Trinajstić information content (AvgIpc) is 3.75. The molecule has 2 amide bonds. The number of likely N-dealkylation sites (tertiary alicyclic amines) is 1. The van der Waals surface area contributed by atoms with E-state index in [1.807, 2.05) is 66.8 Å². The zero-order valence-electron chi connectivity index (χ0n) is 25.7. The minimum absolute atomic E-state index is 0.0147. The predicted octanol–water partition coefficient (Wildman–Crippen LogP) is 6.61. The van der Waals surface area contributed by atoms with E-state index in [1.165, 1.54) is 0 Å². The number of amides is 2. The highest BCUT2D eigenvalue weighted by Gasteiger charge is 2.59. The Morgan fingerprint density at radius 2 is 1.67 bits per heavy atom. The Morgan fingerprint density at radius 1 is 1.00 bits per heavy atom. The molecule has 2 N–H and O–H groups in total. The average molecular weight is 616 g/mol. The van der Waals surface area contributed by atoms with Crippen molar-refractivity contribution in [1.82, 2.24) is 15.5 Å². The number of nitrogens with one attached hydrogen (secondary N) is 2. The molecule has 1 saturated carbocycles. The molecule has 0 bridgehead atoms. The van der Waals surface area contributed by atoms with Crippen molar-refractivity contribution < 1.29 is 22.8 Å². The number of fused-ring (bicyclic) bond motifs is 3. The zero-order valence-corrected chi connectivity index (χ0v) is 25.7. The van der Waals surface area contributed by atoms with Crippen LogP contribution in [0.1, 0.15) is 63.0 Å². The minimum Gasteiger partial charge on any atom is -0.353 e. The smallest absolute Gasteiger partial charge is 0.353 e. The van der Waals surface area contributed by atoms with Gasteiger partial charge in [0, 0.05) is 36.0 Å². The van der Waals surface area contributed by atoms with Crippen LogP contribution in [0.4, 0.5) is 13.2 Å². The summed E-state index contributed by atoms with van der Waals surface area (Å²) in [6.07, 6.45) is 6.81. The molecule has 1 unspecified atom stereocenters. The maximum atomic E-state index is 13.7. The van der Waals surface area contributed by atoms with Gasteiger partial charge < -0.3 is 15.5 Å².